The summed E-state index contributed by atoms with van der Waals surface area (Å²) in [6, 6.07) is 10.4. The fourth-order valence-corrected chi connectivity index (χ4v) is 2.62. The molecule has 0 amide bonds. The van der Waals surface area contributed by atoms with E-state index < -0.39 is 0 Å². The van der Waals surface area contributed by atoms with Crippen molar-refractivity contribution in [3.63, 3.8) is 0 Å². The molecular formula is C16H20N2O. The van der Waals surface area contributed by atoms with Crippen LogP contribution in [0.3, 0.4) is 0 Å². The molecule has 1 N–H and O–H groups in total. The minimum atomic E-state index is 0.438. The Balaban J connectivity index is 1.67. The molecule has 0 aliphatic carbocycles. The van der Waals surface area contributed by atoms with Gasteiger partial charge in [0, 0.05) is 18.5 Å². The van der Waals surface area contributed by atoms with Crippen LogP contribution in [0.25, 0.3) is 10.9 Å². The Morgan fingerprint density at radius 1 is 1.37 bits per heavy atom. The zero-order valence-electron chi connectivity index (χ0n) is 11.4. The number of pyridine rings is 1. The van der Waals surface area contributed by atoms with Crippen molar-refractivity contribution in [3.05, 3.63) is 35.9 Å². The number of rotatable bonds is 4. The van der Waals surface area contributed by atoms with Crippen molar-refractivity contribution in [2.24, 2.45) is 0 Å². The normalized spacial score (nSPS) is 18.9. The van der Waals surface area contributed by atoms with Gasteiger partial charge in [0.05, 0.1) is 11.6 Å². The zero-order chi connectivity index (χ0) is 13.1. The first-order valence-electron chi connectivity index (χ1n) is 7.05. The van der Waals surface area contributed by atoms with E-state index >= 15 is 0 Å². The monoisotopic (exact) mass is 256 g/mol. The second-order valence-corrected chi connectivity index (χ2v) is 5.20. The molecule has 1 aliphatic heterocycles. The van der Waals surface area contributed by atoms with Crippen molar-refractivity contribution in [1.29, 1.82) is 0 Å². The van der Waals surface area contributed by atoms with Crippen LogP contribution in [-0.2, 0) is 4.74 Å². The third kappa shape index (κ3) is 2.87. The molecule has 100 valence electrons. The molecule has 3 heteroatoms. The number of hydrogen-bond donors (Lipinski definition) is 1. The van der Waals surface area contributed by atoms with Crippen LogP contribution in [0, 0.1) is 6.92 Å². The molecule has 2 aromatic rings. The highest BCUT2D eigenvalue weighted by Crippen LogP contribution is 2.20. The lowest BCUT2D eigenvalue weighted by Crippen LogP contribution is -2.13. The average Bonchev–Trinajstić information content (AvgIpc) is 2.92. The van der Waals surface area contributed by atoms with E-state index in [0.29, 0.717) is 6.10 Å². The maximum absolute atomic E-state index is 5.63. The molecule has 1 saturated heterocycles. The van der Waals surface area contributed by atoms with Crippen molar-refractivity contribution >= 4 is 16.7 Å². The van der Waals surface area contributed by atoms with Crippen LogP contribution in [0.15, 0.2) is 30.3 Å². The Bertz CT molecular complexity index is 562. The molecule has 1 aromatic heterocycles. The van der Waals surface area contributed by atoms with Crippen LogP contribution in [0.1, 0.15) is 24.8 Å². The zero-order valence-corrected chi connectivity index (χ0v) is 11.4. The molecule has 3 rings (SSSR count). The van der Waals surface area contributed by atoms with Gasteiger partial charge in [0.25, 0.3) is 0 Å². The third-order valence-corrected chi connectivity index (χ3v) is 3.70. The summed E-state index contributed by atoms with van der Waals surface area (Å²) in [7, 11) is 0. The lowest BCUT2D eigenvalue weighted by atomic mass is 10.1. The molecule has 1 fully saturated rings. The summed E-state index contributed by atoms with van der Waals surface area (Å²) >= 11 is 0. The average molecular weight is 256 g/mol. The van der Waals surface area contributed by atoms with Crippen LogP contribution < -0.4 is 5.32 Å². The molecule has 19 heavy (non-hydrogen) atoms. The van der Waals surface area contributed by atoms with Crippen LogP contribution in [-0.4, -0.2) is 24.2 Å². The van der Waals surface area contributed by atoms with Crippen LogP contribution in [0.4, 0.5) is 5.82 Å². The number of ether oxygens (including phenoxy) is 1. The largest absolute Gasteiger partial charge is 0.378 e. The lowest BCUT2D eigenvalue weighted by Gasteiger charge is -2.12. The van der Waals surface area contributed by atoms with Gasteiger partial charge in [-0.15, -0.1) is 0 Å². The summed E-state index contributed by atoms with van der Waals surface area (Å²) in [5.41, 5.74) is 2.25. The molecular weight excluding hydrogens is 236 g/mol. The maximum atomic E-state index is 5.63. The van der Waals surface area contributed by atoms with Gasteiger partial charge in [0.2, 0.25) is 0 Å². The van der Waals surface area contributed by atoms with Crippen molar-refractivity contribution in [3.8, 4) is 0 Å². The summed E-state index contributed by atoms with van der Waals surface area (Å²) in [5.74, 6) is 0.997. The Morgan fingerprint density at radius 3 is 3.11 bits per heavy atom. The number of benzene rings is 1. The predicted octanol–water partition coefficient (Wildman–Crippen LogP) is 3.52. The molecule has 2 heterocycles. The summed E-state index contributed by atoms with van der Waals surface area (Å²) < 4.78 is 5.63. The minimum absolute atomic E-state index is 0.438. The number of nitrogens with zero attached hydrogens (tertiary/aromatic N) is 1. The predicted molar refractivity (Wildman–Crippen MR) is 78.6 cm³/mol. The summed E-state index contributed by atoms with van der Waals surface area (Å²) in [6.45, 7) is 3.96. The van der Waals surface area contributed by atoms with E-state index in [-0.39, 0.29) is 0 Å². The third-order valence-electron chi connectivity index (χ3n) is 3.70. The van der Waals surface area contributed by atoms with Crippen molar-refractivity contribution < 1.29 is 4.74 Å². The Labute approximate surface area is 114 Å². The first-order valence-corrected chi connectivity index (χ1v) is 7.05. The second-order valence-electron chi connectivity index (χ2n) is 5.20. The topological polar surface area (TPSA) is 34.2 Å². The first-order chi connectivity index (χ1) is 9.33. The summed E-state index contributed by atoms with van der Waals surface area (Å²) in [4.78, 5) is 4.69. The van der Waals surface area contributed by atoms with Crippen molar-refractivity contribution in [2.75, 3.05) is 18.5 Å². The molecule has 0 saturated carbocycles. The Kier molecular flexibility index (Phi) is 3.65. The van der Waals surface area contributed by atoms with Gasteiger partial charge in [-0.05, 0) is 43.9 Å². The quantitative estimate of drug-likeness (QED) is 0.908. The number of anilines is 1. The highest BCUT2D eigenvalue weighted by atomic mass is 16.5. The van der Waals surface area contributed by atoms with Crippen LogP contribution in [0.2, 0.25) is 0 Å². The Morgan fingerprint density at radius 2 is 2.26 bits per heavy atom. The van der Waals surface area contributed by atoms with Gasteiger partial charge in [-0.25, -0.2) is 4.98 Å². The van der Waals surface area contributed by atoms with Gasteiger partial charge in [-0.3, -0.25) is 0 Å². The van der Waals surface area contributed by atoms with E-state index in [1.54, 1.807) is 0 Å². The first kappa shape index (κ1) is 12.4. The van der Waals surface area contributed by atoms with E-state index in [0.717, 1.165) is 30.9 Å². The van der Waals surface area contributed by atoms with Gasteiger partial charge >= 0.3 is 0 Å². The number of aryl methyl sites for hydroxylation is 1. The van der Waals surface area contributed by atoms with Gasteiger partial charge in [0.1, 0.15) is 5.82 Å². The van der Waals surface area contributed by atoms with Crippen LogP contribution >= 0.6 is 0 Å². The fourth-order valence-electron chi connectivity index (χ4n) is 2.62. The summed E-state index contributed by atoms with van der Waals surface area (Å²) in [5, 5.41) is 4.64. The number of fused-ring (bicyclic) bond motifs is 1. The molecule has 0 radical (unpaired) electrons. The SMILES string of the molecule is Cc1cc2ccccc2nc1NCCC1CCCO1. The van der Waals surface area contributed by atoms with Gasteiger partial charge < -0.3 is 10.1 Å². The molecule has 0 spiro atoms. The fraction of sp³-hybridized carbons (Fsp3) is 0.438. The van der Waals surface area contributed by atoms with Gasteiger partial charge in [-0.2, -0.15) is 0 Å². The molecule has 0 bridgehead atoms. The van der Waals surface area contributed by atoms with Gasteiger partial charge in [0.15, 0.2) is 0 Å². The molecule has 3 nitrogen and oxygen atoms in total. The van der Waals surface area contributed by atoms with Gasteiger partial charge in [-0.1, -0.05) is 18.2 Å². The number of hydrogen-bond acceptors (Lipinski definition) is 3. The lowest BCUT2D eigenvalue weighted by molar-refractivity contribution is 0.107. The van der Waals surface area contributed by atoms with Crippen molar-refractivity contribution in [2.45, 2.75) is 32.3 Å². The molecule has 1 unspecified atom stereocenters. The minimum Gasteiger partial charge on any atom is -0.378 e. The van der Waals surface area contributed by atoms with E-state index in [9.17, 15) is 0 Å². The van der Waals surface area contributed by atoms with E-state index in [2.05, 4.69) is 35.4 Å². The highest BCUT2D eigenvalue weighted by molar-refractivity contribution is 5.81. The standard InChI is InChI=1S/C16H20N2O/c1-12-11-13-5-2-3-7-15(13)18-16(12)17-9-8-14-6-4-10-19-14/h2-3,5,7,11,14H,4,6,8-10H2,1H3,(H,17,18). The number of para-hydroxylation sites is 1. The van der Waals surface area contributed by atoms with E-state index in [4.69, 9.17) is 4.74 Å². The Hall–Kier alpha value is -1.61. The van der Waals surface area contributed by atoms with E-state index in [1.165, 1.54) is 23.8 Å². The second kappa shape index (κ2) is 5.57. The highest BCUT2D eigenvalue weighted by Gasteiger charge is 2.14. The maximum Gasteiger partial charge on any atom is 0.129 e. The number of aromatic nitrogens is 1. The summed E-state index contributed by atoms with van der Waals surface area (Å²) in [6.07, 6.45) is 3.91. The molecule has 1 aromatic carbocycles. The van der Waals surface area contributed by atoms with Crippen molar-refractivity contribution in [1.82, 2.24) is 4.98 Å². The van der Waals surface area contributed by atoms with Crippen LogP contribution in [0.5, 0.6) is 0 Å². The van der Waals surface area contributed by atoms with E-state index in [1.807, 2.05) is 12.1 Å². The smallest absolute Gasteiger partial charge is 0.129 e. The molecule has 1 aliphatic rings. The molecule has 1 atom stereocenters. The number of nitrogens with one attached hydrogen (secondary N) is 1.